The molecule has 3 nitrogen and oxygen atoms in total. The molecule has 0 saturated carbocycles. The van der Waals surface area contributed by atoms with E-state index in [-0.39, 0.29) is 22.8 Å². The molecular formula is C14H20FNO2S. The van der Waals surface area contributed by atoms with Crippen molar-refractivity contribution in [2.75, 3.05) is 12.3 Å². The molecule has 1 aromatic rings. The molecule has 19 heavy (non-hydrogen) atoms. The molecule has 0 heterocycles. The van der Waals surface area contributed by atoms with Crippen molar-refractivity contribution in [2.45, 2.75) is 31.6 Å². The summed E-state index contributed by atoms with van der Waals surface area (Å²) in [6, 6.07) is 6.28. The Morgan fingerprint density at radius 3 is 2.68 bits per heavy atom. The van der Waals surface area contributed by atoms with E-state index in [1.54, 1.807) is 6.07 Å². The molecule has 106 valence electrons. The first kappa shape index (κ1) is 16.0. The molecule has 1 unspecified atom stereocenters. The number of thioether (sulfide) groups is 1. The largest absolute Gasteiger partial charge is 0.459 e. The quantitative estimate of drug-likeness (QED) is 0.845. The Hall–Kier alpha value is -1.07. The van der Waals surface area contributed by atoms with E-state index in [4.69, 9.17) is 10.5 Å². The second-order valence-corrected chi connectivity index (χ2v) is 6.37. The molecule has 0 bridgehead atoms. The van der Waals surface area contributed by atoms with Crippen molar-refractivity contribution in [3.63, 3.8) is 0 Å². The fraction of sp³-hybridized carbons (Fsp3) is 0.500. The average Bonchev–Trinajstić information content (AvgIpc) is 2.27. The number of ether oxygens (including phenoxy) is 1. The maximum atomic E-state index is 13.1. The van der Waals surface area contributed by atoms with Crippen molar-refractivity contribution in [1.29, 1.82) is 0 Å². The highest BCUT2D eigenvalue weighted by atomic mass is 32.2. The Balaban J connectivity index is 2.56. The maximum absolute atomic E-state index is 13.1. The minimum Gasteiger partial charge on any atom is -0.459 e. The van der Waals surface area contributed by atoms with Crippen LogP contribution in [0.5, 0.6) is 0 Å². The lowest BCUT2D eigenvalue weighted by Gasteiger charge is -2.20. The lowest BCUT2D eigenvalue weighted by Crippen LogP contribution is -2.25. The normalized spacial score (nSPS) is 13.1. The van der Waals surface area contributed by atoms with E-state index in [0.29, 0.717) is 6.54 Å². The lowest BCUT2D eigenvalue weighted by molar-refractivity contribution is -0.151. The third-order valence-electron chi connectivity index (χ3n) is 2.26. The molecule has 0 aromatic heterocycles. The molecule has 0 saturated heterocycles. The number of rotatable bonds is 5. The standard InChI is InChI=1S/C14H20FNO2S/c1-14(2,3)18-13(17)9-19-12(8-16)10-5-4-6-11(15)7-10/h4-7,12H,8-9,16H2,1-3H3. The van der Waals surface area contributed by atoms with Gasteiger partial charge in [-0.15, -0.1) is 11.8 Å². The van der Waals surface area contributed by atoms with E-state index in [2.05, 4.69) is 0 Å². The second kappa shape index (κ2) is 6.91. The molecular weight excluding hydrogens is 265 g/mol. The van der Waals surface area contributed by atoms with Gasteiger partial charge in [0.1, 0.15) is 11.4 Å². The molecule has 1 aromatic carbocycles. The van der Waals surface area contributed by atoms with Gasteiger partial charge in [-0.3, -0.25) is 4.79 Å². The molecule has 1 rings (SSSR count). The van der Waals surface area contributed by atoms with Gasteiger partial charge in [-0.25, -0.2) is 4.39 Å². The zero-order valence-electron chi connectivity index (χ0n) is 11.5. The van der Waals surface area contributed by atoms with Gasteiger partial charge in [-0.2, -0.15) is 0 Å². The molecule has 2 N–H and O–H groups in total. The SMILES string of the molecule is CC(C)(C)OC(=O)CSC(CN)c1cccc(F)c1. The lowest BCUT2D eigenvalue weighted by atomic mass is 10.1. The van der Waals surface area contributed by atoms with Crippen LogP contribution < -0.4 is 5.73 Å². The maximum Gasteiger partial charge on any atom is 0.316 e. The number of carbonyl (C=O) groups excluding carboxylic acids is 1. The van der Waals surface area contributed by atoms with Crippen LogP contribution >= 0.6 is 11.8 Å². The van der Waals surface area contributed by atoms with E-state index in [9.17, 15) is 9.18 Å². The molecule has 1 atom stereocenters. The van der Waals surface area contributed by atoms with E-state index in [1.165, 1.54) is 23.9 Å². The number of benzene rings is 1. The topological polar surface area (TPSA) is 52.3 Å². The van der Waals surface area contributed by atoms with Crippen LogP contribution in [0.15, 0.2) is 24.3 Å². The Kier molecular flexibility index (Phi) is 5.82. The molecule has 0 fully saturated rings. The minimum atomic E-state index is -0.491. The van der Waals surface area contributed by atoms with Gasteiger partial charge in [0.05, 0.1) is 5.75 Å². The minimum absolute atomic E-state index is 0.108. The number of hydrogen-bond acceptors (Lipinski definition) is 4. The zero-order chi connectivity index (χ0) is 14.5. The Labute approximate surface area is 117 Å². The van der Waals surface area contributed by atoms with Crippen molar-refractivity contribution >= 4 is 17.7 Å². The average molecular weight is 285 g/mol. The smallest absolute Gasteiger partial charge is 0.316 e. The molecule has 0 radical (unpaired) electrons. The summed E-state index contributed by atoms with van der Waals surface area (Å²) in [5.74, 6) is -0.378. The molecule has 0 aliphatic carbocycles. The van der Waals surface area contributed by atoms with Crippen LogP contribution in [0.1, 0.15) is 31.6 Å². The molecule has 5 heteroatoms. The number of nitrogens with two attached hydrogens (primary N) is 1. The van der Waals surface area contributed by atoms with Crippen LogP contribution in [0.25, 0.3) is 0 Å². The number of hydrogen-bond donors (Lipinski definition) is 1. The summed E-state index contributed by atoms with van der Waals surface area (Å²) in [5.41, 5.74) is 5.97. The van der Waals surface area contributed by atoms with E-state index >= 15 is 0 Å². The first-order valence-electron chi connectivity index (χ1n) is 6.11. The van der Waals surface area contributed by atoms with Crippen LogP contribution in [-0.2, 0) is 9.53 Å². The third kappa shape index (κ3) is 6.07. The molecule has 0 spiro atoms. The fourth-order valence-corrected chi connectivity index (χ4v) is 2.42. The second-order valence-electron chi connectivity index (χ2n) is 5.18. The molecule has 0 aliphatic rings. The van der Waals surface area contributed by atoms with Crippen LogP contribution in [0.3, 0.4) is 0 Å². The Morgan fingerprint density at radius 2 is 2.16 bits per heavy atom. The van der Waals surface area contributed by atoms with Gasteiger partial charge in [0, 0.05) is 11.8 Å². The highest BCUT2D eigenvalue weighted by Gasteiger charge is 2.18. The number of carbonyl (C=O) groups is 1. The first-order valence-corrected chi connectivity index (χ1v) is 7.15. The van der Waals surface area contributed by atoms with Gasteiger partial charge >= 0.3 is 5.97 Å². The fourth-order valence-electron chi connectivity index (χ4n) is 1.55. The number of halogens is 1. The first-order chi connectivity index (χ1) is 8.81. The summed E-state index contributed by atoms with van der Waals surface area (Å²) in [6.07, 6.45) is 0. The highest BCUT2D eigenvalue weighted by molar-refractivity contribution is 8.00. The van der Waals surface area contributed by atoms with Crippen molar-refractivity contribution in [1.82, 2.24) is 0 Å². The van der Waals surface area contributed by atoms with Gasteiger partial charge < -0.3 is 10.5 Å². The summed E-state index contributed by atoms with van der Waals surface area (Å²) >= 11 is 1.37. The third-order valence-corrected chi connectivity index (χ3v) is 3.53. The Morgan fingerprint density at radius 1 is 1.47 bits per heavy atom. The monoisotopic (exact) mass is 285 g/mol. The summed E-state index contributed by atoms with van der Waals surface area (Å²) in [5, 5.41) is -0.108. The van der Waals surface area contributed by atoms with E-state index in [1.807, 2.05) is 26.8 Å². The molecule has 0 amide bonds. The van der Waals surface area contributed by atoms with Crippen molar-refractivity contribution in [3.05, 3.63) is 35.6 Å². The predicted molar refractivity (Wildman–Crippen MR) is 76.5 cm³/mol. The van der Waals surface area contributed by atoms with Crippen molar-refractivity contribution in [3.8, 4) is 0 Å². The predicted octanol–water partition coefficient (Wildman–Crippen LogP) is 2.90. The van der Waals surface area contributed by atoms with Gasteiger partial charge in [-0.1, -0.05) is 12.1 Å². The zero-order valence-corrected chi connectivity index (χ0v) is 12.3. The van der Waals surface area contributed by atoms with Crippen LogP contribution in [-0.4, -0.2) is 23.9 Å². The van der Waals surface area contributed by atoms with Crippen LogP contribution in [0.2, 0.25) is 0 Å². The van der Waals surface area contributed by atoms with Crippen LogP contribution in [0, 0.1) is 5.82 Å². The summed E-state index contributed by atoms with van der Waals surface area (Å²) in [6.45, 7) is 5.81. The van der Waals surface area contributed by atoms with E-state index < -0.39 is 5.60 Å². The number of esters is 1. The van der Waals surface area contributed by atoms with Crippen molar-refractivity contribution in [2.24, 2.45) is 5.73 Å². The van der Waals surface area contributed by atoms with Gasteiger partial charge in [0.25, 0.3) is 0 Å². The summed E-state index contributed by atoms with van der Waals surface area (Å²) in [7, 11) is 0. The van der Waals surface area contributed by atoms with Crippen LogP contribution in [0.4, 0.5) is 4.39 Å². The van der Waals surface area contributed by atoms with Gasteiger partial charge in [-0.05, 0) is 38.5 Å². The van der Waals surface area contributed by atoms with Crippen molar-refractivity contribution < 1.29 is 13.9 Å². The van der Waals surface area contributed by atoms with E-state index in [0.717, 1.165) is 5.56 Å². The summed E-state index contributed by atoms with van der Waals surface area (Å²) in [4.78, 5) is 11.6. The highest BCUT2D eigenvalue weighted by Crippen LogP contribution is 2.28. The molecule has 0 aliphatic heterocycles. The van der Waals surface area contributed by atoms with Gasteiger partial charge in [0.2, 0.25) is 0 Å². The van der Waals surface area contributed by atoms with Gasteiger partial charge in [0.15, 0.2) is 0 Å². The Bertz CT molecular complexity index is 432. The summed E-state index contributed by atoms with van der Waals surface area (Å²) < 4.78 is 18.4.